The Morgan fingerprint density at radius 1 is 1.18 bits per heavy atom. The lowest BCUT2D eigenvalue weighted by Gasteiger charge is -2.23. The zero-order valence-corrected chi connectivity index (χ0v) is 15.8. The minimum atomic E-state index is -0.478. The summed E-state index contributed by atoms with van der Waals surface area (Å²) in [6.07, 6.45) is 9.30. The molecule has 1 saturated carbocycles. The Morgan fingerprint density at radius 2 is 2.04 bits per heavy atom. The number of amides is 2. The maximum Gasteiger partial charge on any atom is 0.290 e. The molecule has 1 saturated heterocycles. The molecule has 0 bridgehead atoms. The number of carbonyl (C=O) groups excluding carboxylic acids is 2. The van der Waals surface area contributed by atoms with Crippen molar-refractivity contribution in [1.29, 1.82) is 0 Å². The maximum atomic E-state index is 12.8. The van der Waals surface area contributed by atoms with Gasteiger partial charge in [0.25, 0.3) is 5.91 Å². The van der Waals surface area contributed by atoms with Crippen LogP contribution in [0.2, 0.25) is 0 Å². The molecule has 148 valence electrons. The summed E-state index contributed by atoms with van der Waals surface area (Å²) in [6.45, 7) is 0.883. The number of rotatable bonds is 6. The van der Waals surface area contributed by atoms with Crippen LogP contribution in [-0.4, -0.2) is 40.4 Å². The van der Waals surface area contributed by atoms with Crippen molar-refractivity contribution in [3.8, 4) is 5.88 Å². The van der Waals surface area contributed by atoms with Crippen LogP contribution in [-0.2, 0) is 11.3 Å². The summed E-state index contributed by atoms with van der Waals surface area (Å²) in [4.78, 5) is 31.3. The highest BCUT2D eigenvalue weighted by atomic mass is 16.5. The van der Waals surface area contributed by atoms with Gasteiger partial charge in [0.1, 0.15) is 12.1 Å². The van der Waals surface area contributed by atoms with Gasteiger partial charge in [0.2, 0.25) is 11.8 Å². The Labute approximate surface area is 164 Å². The van der Waals surface area contributed by atoms with E-state index in [2.05, 4.69) is 10.3 Å². The van der Waals surface area contributed by atoms with Gasteiger partial charge in [0.05, 0.1) is 6.26 Å². The molecule has 7 heteroatoms. The van der Waals surface area contributed by atoms with E-state index in [1.54, 1.807) is 23.2 Å². The SMILES string of the molecule is O=C(NCc1cccnc1OC1CCCC1)C1CCCN1C(=O)c1ccco1. The molecule has 1 unspecified atom stereocenters. The Hall–Kier alpha value is -2.83. The minimum Gasteiger partial charge on any atom is -0.474 e. The van der Waals surface area contributed by atoms with Gasteiger partial charge in [0, 0.05) is 24.8 Å². The fourth-order valence-electron chi connectivity index (χ4n) is 3.95. The first-order chi connectivity index (χ1) is 13.7. The summed E-state index contributed by atoms with van der Waals surface area (Å²) in [7, 11) is 0. The van der Waals surface area contributed by atoms with E-state index in [0.717, 1.165) is 24.8 Å². The Balaban J connectivity index is 1.38. The highest BCUT2D eigenvalue weighted by molar-refractivity contribution is 5.95. The van der Waals surface area contributed by atoms with E-state index in [4.69, 9.17) is 9.15 Å². The molecule has 2 amide bonds. The van der Waals surface area contributed by atoms with Crippen molar-refractivity contribution in [3.63, 3.8) is 0 Å². The first-order valence-corrected chi connectivity index (χ1v) is 9.95. The predicted octanol–water partition coefficient (Wildman–Crippen LogP) is 2.92. The number of nitrogens with zero attached hydrogens (tertiary/aromatic N) is 2. The lowest BCUT2D eigenvalue weighted by Crippen LogP contribution is -2.45. The molecule has 0 aromatic carbocycles. The lowest BCUT2D eigenvalue weighted by molar-refractivity contribution is -0.125. The fraction of sp³-hybridized carbons (Fsp3) is 0.476. The smallest absolute Gasteiger partial charge is 0.290 e. The van der Waals surface area contributed by atoms with E-state index in [0.29, 0.717) is 25.4 Å². The van der Waals surface area contributed by atoms with Crippen LogP contribution in [0.15, 0.2) is 41.1 Å². The number of hydrogen-bond acceptors (Lipinski definition) is 5. The van der Waals surface area contributed by atoms with Crippen molar-refractivity contribution in [3.05, 3.63) is 48.0 Å². The normalized spacial score (nSPS) is 19.7. The summed E-state index contributed by atoms with van der Waals surface area (Å²) in [5, 5.41) is 2.95. The third-order valence-electron chi connectivity index (χ3n) is 5.43. The fourth-order valence-corrected chi connectivity index (χ4v) is 3.95. The quantitative estimate of drug-likeness (QED) is 0.829. The van der Waals surface area contributed by atoms with Gasteiger partial charge in [0.15, 0.2) is 5.76 Å². The van der Waals surface area contributed by atoms with Crippen molar-refractivity contribution in [2.45, 2.75) is 57.2 Å². The molecule has 2 aliphatic rings. The monoisotopic (exact) mass is 383 g/mol. The van der Waals surface area contributed by atoms with Gasteiger partial charge in [-0.2, -0.15) is 0 Å². The number of furan rings is 1. The van der Waals surface area contributed by atoms with Crippen molar-refractivity contribution >= 4 is 11.8 Å². The molecule has 1 aliphatic heterocycles. The second-order valence-corrected chi connectivity index (χ2v) is 7.34. The average Bonchev–Trinajstić information content (AvgIpc) is 3.49. The molecule has 7 nitrogen and oxygen atoms in total. The number of nitrogens with one attached hydrogen (secondary N) is 1. The number of hydrogen-bond donors (Lipinski definition) is 1. The summed E-state index contributed by atoms with van der Waals surface area (Å²) in [5.41, 5.74) is 0.852. The van der Waals surface area contributed by atoms with E-state index in [1.165, 1.54) is 19.1 Å². The zero-order chi connectivity index (χ0) is 19.3. The summed E-state index contributed by atoms with van der Waals surface area (Å²) in [5.74, 6) is 0.450. The van der Waals surface area contributed by atoms with Gasteiger partial charge in [-0.05, 0) is 56.7 Å². The number of ether oxygens (including phenoxy) is 1. The van der Waals surface area contributed by atoms with Crippen LogP contribution in [0, 0.1) is 0 Å². The van der Waals surface area contributed by atoms with Crippen LogP contribution >= 0.6 is 0 Å². The summed E-state index contributed by atoms with van der Waals surface area (Å²) >= 11 is 0. The Bertz CT molecular complexity index is 815. The first-order valence-electron chi connectivity index (χ1n) is 9.95. The maximum absolute atomic E-state index is 12.8. The minimum absolute atomic E-state index is 0.159. The summed E-state index contributed by atoms with van der Waals surface area (Å²) < 4.78 is 11.2. The number of likely N-dealkylation sites (tertiary alicyclic amines) is 1. The van der Waals surface area contributed by atoms with E-state index >= 15 is 0 Å². The molecule has 2 aromatic rings. The third kappa shape index (κ3) is 4.03. The zero-order valence-electron chi connectivity index (χ0n) is 15.8. The van der Waals surface area contributed by atoms with E-state index in [1.807, 2.05) is 12.1 Å². The van der Waals surface area contributed by atoms with Crippen LogP contribution in [0.1, 0.15) is 54.6 Å². The Morgan fingerprint density at radius 3 is 2.82 bits per heavy atom. The molecular formula is C21H25N3O4. The highest BCUT2D eigenvalue weighted by Gasteiger charge is 2.35. The molecule has 3 heterocycles. The average molecular weight is 383 g/mol. The van der Waals surface area contributed by atoms with Crippen LogP contribution in [0.5, 0.6) is 5.88 Å². The largest absolute Gasteiger partial charge is 0.474 e. The van der Waals surface area contributed by atoms with E-state index in [-0.39, 0.29) is 23.7 Å². The van der Waals surface area contributed by atoms with Gasteiger partial charge in [-0.25, -0.2) is 4.98 Å². The van der Waals surface area contributed by atoms with E-state index < -0.39 is 6.04 Å². The third-order valence-corrected chi connectivity index (χ3v) is 5.43. The lowest BCUT2D eigenvalue weighted by atomic mass is 10.2. The number of pyridine rings is 1. The van der Waals surface area contributed by atoms with E-state index in [9.17, 15) is 9.59 Å². The Kier molecular flexibility index (Phi) is 5.60. The van der Waals surface area contributed by atoms with Gasteiger partial charge in [-0.1, -0.05) is 6.07 Å². The van der Waals surface area contributed by atoms with Crippen molar-refractivity contribution < 1.29 is 18.7 Å². The molecule has 4 rings (SSSR count). The standard InChI is InChI=1S/C21H25N3O4/c25-19(17-9-4-12-24(17)21(26)18-10-5-13-27-18)23-14-15-6-3-11-22-20(15)28-16-7-1-2-8-16/h3,5-6,10-11,13,16-17H,1-2,4,7-9,12,14H2,(H,23,25). The van der Waals surface area contributed by atoms with Gasteiger partial charge < -0.3 is 19.4 Å². The molecule has 1 atom stereocenters. The predicted molar refractivity (Wildman–Crippen MR) is 102 cm³/mol. The van der Waals surface area contributed by atoms with Crippen molar-refractivity contribution in [2.75, 3.05) is 6.54 Å². The molecular weight excluding hydrogens is 358 g/mol. The topological polar surface area (TPSA) is 84.7 Å². The van der Waals surface area contributed by atoms with Crippen LogP contribution < -0.4 is 10.1 Å². The second-order valence-electron chi connectivity index (χ2n) is 7.34. The first kappa shape index (κ1) is 18.5. The van der Waals surface area contributed by atoms with Crippen molar-refractivity contribution in [1.82, 2.24) is 15.2 Å². The molecule has 0 spiro atoms. The molecule has 28 heavy (non-hydrogen) atoms. The molecule has 0 radical (unpaired) electrons. The van der Waals surface area contributed by atoms with Crippen LogP contribution in [0.25, 0.3) is 0 Å². The molecule has 2 aromatic heterocycles. The second kappa shape index (κ2) is 8.46. The van der Waals surface area contributed by atoms with Gasteiger partial charge >= 0.3 is 0 Å². The van der Waals surface area contributed by atoms with Gasteiger partial charge in [-0.15, -0.1) is 0 Å². The van der Waals surface area contributed by atoms with Crippen LogP contribution in [0.3, 0.4) is 0 Å². The molecule has 1 aliphatic carbocycles. The van der Waals surface area contributed by atoms with Crippen LogP contribution in [0.4, 0.5) is 0 Å². The highest BCUT2D eigenvalue weighted by Crippen LogP contribution is 2.25. The summed E-state index contributed by atoms with van der Waals surface area (Å²) in [6, 6.07) is 6.57. The number of aromatic nitrogens is 1. The van der Waals surface area contributed by atoms with Crippen molar-refractivity contribution in [2.24, 2.45) is 0 Å². The number of carbonyl (C=O) groups is 2. The molecule has 1 N–H and O–H groups in total. The molecule has 2 fully saturated rings. The van der Waals surface area contributed by atoms with Gasteiger partial charge in [-0.3, -0.25) is 9.59 Å².